The van der Waals surface area contributed by atoms with Crippen LogP contribution in [0, 0.1) is 6.92 Å². The van der Waals surface area contributed by atoms with Crippen LogP contribution in [-0.2, 0) is 0 Å². The molecule has 4 aromatic rings. The Bertz CT molecular complexity index is 1220. The second-order valence-electron chi connectivity index (χ2n) is 7.63. The number of aromatic nitrogens is 1. The van der Waals surface area contributed by atoms with Crippen LogP contribution in [0.1, 0.15) is 15.9 Å². The van der Waals surface area contributed by atoms with Gasteiger partial charge in [-0.2, -0.15) is 0 Å². The molecule has 1 heterocycles. The molecule has 7 heteroatoms. The van der Waals surface area contributed by atoms with Crippen molar-refractivity contribution in [2.45, 2.75) is 6.92 Å². The molecule has 4 rings (SSSR count). The van der Waals surface area contributed by atoms with Crippen LogP contribution in [0.4, 0.5) is 5.13 Å². The fourth-order valence-corrected chi connectivity index (χ4v) is 4.51. The van der Waals surface area contributed by atoms with Crippen molar-refractivity contribution in [1.29, 1.82) is 0 Å². The number of likely N-dealkylation sites (N-methyl/N-ethyl adjacent to an activating group) is 1. The number of nitrogens with zero attached hydrogens (tertiary/aromatic N) is 3. The second kappa shape index (κ2) is 9.64. The Labute approximate surface area is 192 Å². The van der Waals surface area contributed by atoms with Gasteiger partial charge in [0, 0.05) is 13.1 Å². The van der Waals surface area contributed by atoms with E-state index in [1.165, 1.54) is 5.56 Å². The predicted octanol–water partition coefficient (Wildman–Crippen LogP) is 5.40. The van der Waals surface area contributed by atoms with Crippen LogP contribution in [0.15, 0.2) is 54.6 Å². The van der Waals surface area contributed by atoms with Gasteiger partial charge in [0.15, 0.2) is 5.13 Å². The lowest BCUT2D eigenvalue weighted by Gasteiger charge is -2.23. The molecule has 0 radical (unpaired) electrons. The van der Waals surface area contributed by atoms with Gasteiger partial charge in [-0.1, -0.05) is 41.7 Å². The first kappa shape index (κ1) is 23.0. The van der Waals surface area contributed by atoms with Gasteiger partial charge in [-0.05, 0) is 61.6 Å². The zero-order valence-electron chi connectivity index (χ0n) is 18.1. The number of methoxy groups -OCH3 is 1. The van der Waals surface area contributed by atoms with E-state index in [-0.39, 0.29) is 18.3 Å². The van der Waals surface area contributed by atoms with Crippen molar-refractivity contribution in [1.82, 2.24) is 9.88 Å². The molecular weight excluding hydrogens is 430 g/mol. The number of carbonyl (C=O) groups is 1. The lowest BCUT2D eigenvalue weighted by atomic mass is 10.0. The number of carbonyl (C=O) groups excluding carboxylic acids is 1. The minimum absolute atomic E-state index is 0. The third-order valence-corrected chi connectivity index (χ3v) is 6.12. The maximum absolute atomic E-state index is 13.7. The van der Waals surface area contributed by atoms with Crippen LogP contribution in [0.2, 0.25) is 0 Å². The lowest BCUT2D eigenvalue weighted by molar-refractivity contribution is 0.0982. The highest BCUT2D eigenvalue weighted by Gasteiger charge is 2.24. The maximum Gasteiger partial charge on any atom is 0.263 e. The van der Waals surface area contributed by atoms with Gasteiger partial charge in [0.25, 0.3) is 5.91 Å². The van der Waals surface area contributed by atoms with E-state index in [0.717, 1.165) is 27.5 Å². The van der Waals surface area contributed by atoms with E-state index in [9.17, 15) is 4.79 Å². The average Bonchev–Trinajstić information content (AvgIpc) is 3.15. The highest BCUT2D eigenvalue weighted by molar-refractivity contribution is 7.22. The van der Waals surface area contributed by atoms with Gasteiger partial charge < -0.3 is 9.64 Å². The summed E-state index contributed by atoms with van der Waals surface area (Å²) in [6.45, 7) is 3.34. The van der Waals surface area contributed by atoms with Crippen LogP contribution in [0.25, 0.3) is 21.0 Å². The molecule has 0 aliphatic rings. The molecule has 0 N–H and O–H groups in total. The largest absolute Gasteiger partial charge is 0.496 e. The molecule has 0 aliphatic heterocycles. The minimum atomic E-state index is -0.102. The van der Waals surface area contributed by atoms with Gasteiger partial charge in [-0.3, -0.25) is 9.69 Å². The molecule has 1 amide bonds. The highest BCUT2D eigenvalue weighted by atomic mass is 35.5. The van der Waals surface area contributed by atoms with Gasteiger partial charge in [-0.15, -0.1) is 12.4 Å². The zero-order chi connectivity index (χ0) is 21.3. The number of hydrogen-bond acceptors (Lipinski definition) is 5. The topological polar surface area (TPSA) is 45.7 Å². The van der Waals surface area contributed by atoms with Crippen molar-refractivity contribution in [3.63, 3.8) is 0 Å². The van der Waals surface area contributed by atoms with E-state index in [1.54, 1.807) is 23.3 Å². The number of rotatable bonds is 6. The van der Waals surface area contributed by atoms with Crippen molar-refractivity contribution < 1.29 is 9.53 Å². The smallest absolute Gasteiger partial charge is 0.263 e. The summed E-state index contributed by atoms with van der Waals surface area (Å²) < 4.78 is 6.67. The Hall–Kier alpha value is -2.67. The summed E-state index contributed by atoms with van der Waals surface area (Å²) in [7, 11) is 5.60. The number of benzene rings is 3. The summed E-state index contributed by atoms with van der Waals surface area (Å²) in [5.41, 5.74) is 2.64. The number of anilines is 1. The summed E-state index contributed by atoms with van der Waals surface area (Å²) in [5, 5.41) is 2.76. The Morgan fingerprint density at radius 3 is 2.42 bits per heavy atom. The monoisotopic (exact) mass is 455 g/mol. The lowest BCUT2D eigenvalue weighted by Crippen LogP contribution is -2.37. The SMILES string of the molecule is COc1cc2ccccc2cc1C(=O)N(CCN(C)C)c1nc2ccc(C)cc2s1.Cl. The van der Waals surface area contributed by atoms with Crippen molar-refractivity contribution in [2.24, 2.45) is 0 Å². The van der Waals surface area contributed by atoms with Gasteiger partial charge in [0.2, 0.25) is 0 Å². The Morgan fingerprint density at radius 2 is 1.74 bits per heavy atom. The Kier molecular flexibility index (Phi) is 7.15. The number of amides is 1. The summed E-state index contributed by atoms with van der Waals surface area (Å²) in [4.78, 5) is 22.3. The number of thiazole rings is 1. The van der Waals surface area contributed by atoms with E-state index >= 15 is 0 Å². The fourth-order valence-electron chi connectivity index (χ4n) is 3.42. The van der Waals surface area contributed by atoms with E-state index in [2.05, 4.69) is 17.9 Å². The Morgan fingerprint density at radius 1 is 1.03 bits per heavy atom. The van der Waals surface area contributed by atoms with Crippen LogP contribution in [-0.4, -0.2) is 50.1 Å². The molecule has 0 saturated carbocycles. The van der Waals surface area contributed by atoms with Crippen molar-refractivity contribution >= 4 is 55.8 Å². The van der Waals surface area contributed by atoms with Gasteiger partial charge in [-0.25, -0.2) is 4.98 Å². The van der Waals surface area contributed by atoms with E-state index in [1.807, 2.05) is 62.6 Å². The molecule has 0 atom stereocenters. The normalized spacial score (nSPS) is 11.0. The average molecular weight is 456 g/mol. The number of hydrogen-bond donors (Lipinski definition) is 0. The molecule has 3 aromatic carbocycles. The van der Waals surface area contributed by atoms with Gasteiger partial charge >= 0.3 is 0 Å². The molecule has 31 heavy (non-hydrogen) atoms. The molecule has 0 unspecified atom stereocenters. The van der Waals surface area contributed by atoms with Crippen molar-refractivity contribution in [3.8, 4) is 5.75 Å². The summed E-state index contributed by atoms with van der Waals surface area (Å²) in [6.07, 6.45) is 0. The van der Waals surface area contributed by atoms with Gasteiger partial charge in [0.1, 0.15) is 5.75 Å². The fraction of sp³-hybridized carbons (Fsp3) is 0.250. The predicted molar refractivity (Wildman–Crippen MR) is 132 cm³/mol. The van der Waals surface area contributed by atoms with Crippen LogP contribution < -0.4 is 9.64 Å². The summed E-state index contributed by atoms with van der Waals surface area (Å²) >= 11 is 1.55. The zero-order valence-corrected chi connectivity index (χ0v) is 19.7. The van der Waals surface area contributed by atoms with Crippen LogP contribution >= 0.6 is 23.7 Å². The Balaban J connectivity index is 0.00000272. The third-order valence-electron chi connectivity index (χ3n) is 5.08. The quantitative estimate of drug-likeness (QED) is 0.390. The third kappa shape index (κ3) is 4.82. The number of halogens is 1. The number of ether oxygens (including phenoxy) is 1. The van der Waals surface area contributed by atoms with Crippen molar-refractivity contribution in [2.75, 3.05) is 39.2 Å². The second-order valence-corrected chi connectivity index (χ2v) is 8.64. The molecule has 0 aliphatic carbocycles. The minimum Gasteiger partial charge on any atom is -0.496 e. The van der Waals surface area contributed by atoms with E-state index in [4.69, 9.17) is 9.72 Å². The van der Waals surface area contributed by atoms with Crippen molar-refractivity contribution in [3.05, 3.63) is 65.7 Å². The number of aryl methyl sites for hydroxylation is 1. The molecular formula is C24H26ClN3O2S. The van der Waals surface area contributed by atoms with E-state index in [0.29, 0.717) is 23.0 Å². The molecule has 0 bridgehead atoms. The highest BCUT2D eigenvalue weighted by Crippen LogP contribution is 2.33. The first-order valence-corrected chi connectivity index (χ1v) is 10.7. The number of fused-ring (bicyclic) bond motifs is 2. The molecule has 162 valence electrons. The molecule has 5 nitrogen and oxygen atoms in total. The molecule has 0 fully saturated rings. The first-order chi connectivity index (χ1) is 14.5. The summed E-state index contributed by atoms with van der Waals surface area (Å²) in [5.74, 6) is 0.473. The van der Waals surface area contributed by atoms with Crippen LogP contribution in [0.3, 0.4) is 0 Å². The molecule has 0 saturated heterocycles. The molecule has 1 aromatic heterocycles. The summed E-state index contributed by atoms with van der Waals surface area (Å²) in [6, 6.07) is 18.0. The molecule has 0 spiro atoms. The van der Waals surface area contributed by atoms with Gasteiger partial charge in [0.05, 0.1) is 22.9 Å². The first-order valence-electron chi connectivity index (χ1n) is 9.87. The van der Waals surface area contributed by atoms with Crippen LogP contribution in [0.5, 0.6) is 5.75 Å². The standard InChI is InChI=1S/C24H25N3O2S.ClH/c1-16-9-10-20-22(13-16)30-24(25-20)27(12-11-26(2)3)23(28)19-14-17-7-5-6-8-18(17)15-21(19)29-4;/h5-10,13-15H,11-12H2,1-4H3;1H. The van der Waals surface area contributed by atoms with E-state index < -0.39 is 0 Å². The maximum atomic E-state index is 13.7.